The average Bonchev–Trinajstić information content (AvgIpc) is 1.82. The Hall–Kier alpha value is -0.680. The number of nitrogen functional groups attached to an aromatic ring is 2. The molecule has 0 amide bonds. The van der Waals surface area contributed by atoms with Crippen LogP contribution in [0, 0.1) is 0 Å². The lowest BCUT2D eigenvalue weighted by atomic mass is 10.6. The minimum atomic E-state index is 0.0558. The molecule has 10 heavy (non-hydrogen) atoms. The predicted octanol–water partition coefficient (Wildman–Crippen LogP) is 0.583. The number of halogens is 1. The van der Waals surface area contributed by atoms with E-state index in [1.54, 1.807) is 0 Å². The van der Waals surface area contributed by atoms with Crippen molar-refractivity contribution < 1.29 is 0 Å². The van der Waals surface area contributed by atoms with Crippen LogP contribution in [-0.2, 0) is 0 Å². The van der Waals surface area contributed by atoms with Crippen LogP contribution in [0.4, 0.5) is 11.8 Å². The normalized spacial score (nSPS) is 9.80. The Morgan fingerprint density at radius 2 is 1.90 bits per heavy atom. The predicted molar refractivity (Wildman–Crippen MR) is 43.1 cm³/mol. The highest BCUT2D eigenvalue weighted by Gasteiger charge is 2.03. The van der Waals surface area contributed by atoms with Crippen LogP contribution in [0.25, 0.3) is 0 Å². The minimum Gasteiger partial charge on any atom is -0.383 e. The van der Waals surface area contributed by atoms with Gasteiger partial charge in [0.25, 0.3) is 0 Å². The maximum atomic E-state index is 5.53. The molecular weight excluding hydrogens is 172 g/mol. The van der Waals surface area contributed by atoms with E-state index in [2.05, 4.69) is 22.6 Å². The Labute approximate surface area is 68.0 Å². The third-order valence-corrected chi connectivity index (χ3v) is 1.73. The van der Waals surface area contributed by atoms with Crippen molar-refractivity contribution in [3.05, 3.63) is 5.15 Å². The molecule has 4 N–H and O–H groups in total. The summed E-state index contributed by atoms with van der Waals surface area (Å²) in [5.74, 6) is 0.251. The molecular formula is C4H5ClN4S. The van der Waals surface area contributed by atoms with Crippen molar-refractivity contribution in [2.24, 2.45) is 0 Å². The van der Waals surface area contributed by atoms with Gasteiger partial charge in [0, 0.05) is 0 Å². The number of hydrogen-bond donors (Lipinski definition) is 3. The van der Waals surface area contributed by atoms with Crippen molar-refractivity contribution in [3.8, 4) is 0 Å². The molecule has 0 bridgehead atoms. The summed E-state index contributed by atoms with van der Waals surface area (Å²) in [6.45, 7) is 0. The molecule has 0 atom stereocenters. The molecule has 0 aromatic carbocycles. The van der Waals surface area contributed by atoms with E-state index in [1.165, 1.54) is 0 Å². The molecule has 54 valence electrons. The molecule has 0 aliphatic heterocycles. The molecule has 0 fully saturated rings. The maximum Gasteiger partial charge on any atom is 0.223 e. The molecule has 0 saturated heterocycles. The highest BCUT2D eigenvalue weighted by molar-refractivity contribution is 7.80. The van der Waals surface area contributed by atoms with Crippen LogP contribution in [-0.4, -0.2) is 9.97 Å². The van der Waals surface area contributed by atoms with E-state index >= 15 is 0 Å². The van der Waals surface area contributed by atoms with E-state index in [0.29, 0.717) is 4.90 Å². The number of nitrogens with zero attached hydrogens (tertiary/aromatic N) is 2. The van der Waals surface area contributed by atoms with E-state index in [0.717, 1.165) is 0 Å². The van der Waals surface area contributed by atoms with E-state index in [4.69, 9.17) is 23.1 Å². The largest absolute Gasteiger partial charge is 0.383 e. The summed E-state index contributed by atoms with van der Waals surface area (Å²) in [6, 6.07) is 0. The highest BCUT2D eigenvalue weighted by Crippen LogP contribution is 2.22. The van der Waals surface area contributed by atoms with Gasteiger partial charge in [-0.2, -0.15) is 9.97 Å². The summed E-state index contributed by atoms with van der Waals surface area (Å²) in [7, 11) is 0. The Balaban J connectivity index is 3.31. The molecule has 4 nitrogen and oxygen atoms in total. The third-order valence-electron chi connectivity index (χ3n) is 0.886. The second-order valence-electron chi connectivity index (χ2n) is 1.61. The van der Waals surface area contributed by atoms with Crippen molar-refractivity contribution in [2.75, 3.05) is 11.5 Å². The summed E-state index contributed by atoms with van der Waals surface area (Å²) in [6.07, 6.45) is 0. The first-order valence-corrected chi connectivity index (χ1v) is 3.21. The number of hydrogen-bond acceptors (Lipinski definition) is 5. The van der Waals surface area contributed by atoms with Crippen molar-refractivity contribution >= 4 is 36.0 Å². The van der Waals surface area contributed by atoms with Crippen LogP contribution in [0.5, 0.6) is 0 Å². The van der Waals surface area contributed by atoms with Crippen LogP contribution >= 0.6 is 24.2 Å². The number of nitrogens with two attached hydrogens (primary N) is 2. The fourth-order valence-corrected chi connectivity index (χ4v) is 0.744. The first-order chi connectivity index (χ1) is 4.61. The fraction of sp³-hybridized carbons (Fsp3) is 0. The second kappa shape index (κ2) is 2.51. The standard InChI is InChI=1S/C4H5ClN4S/c5-2-1(10)3(6)9-4(7)8-2/h10H,(H4,6,7,8,9). The molecule has 0 saturated carbocycles. The quantitative estimate of drug-likeness (QED) is 0.399. The lowest BCUT2D eigenvalue weighted by molar-refractivity contribution is 1.13. The maximum absolute atomic E-state index is 5.53. The smallest absolute Gasteiger partial charge is 0.223 e. The SMILES string of the molecule is Nc1nc(N)c(S)c(Cl)n1. The van der Waals surface area contributed by atoms with E-state index in [-0.39, 0.29) is 16.9 Å². The Morgan fingerprint density at radius 1 is 1.30 bits per heavy atom. The summed E-state index contributed by atoms with van der Waals surface area (Å²) in [4.78, 5) is 7.58. The van der Waals surface area contributed by atoms with Crippen molar-refractivity contribution in [3.63, 3.8) is 0 Å². The van der Waals surface area contributed by atoms with Crippen LogP contribution in [0.2, 0.25) is 5.15 Å². The van der Waals surface area contributed by atoms with Crippen LogP contribution in [0.15, 0.2) is 4.90 Å². The molecule has 1 heterocycles. The molecule has 1 aromatic rings. The summed E-state index contributed by atoms with van der Waals surface area (Å²) in [5.41, 5.74) is 10.5. The van der Waals surface area contributed by atoms with Crippen LogP contribution < -0.4 is 11.5 Å². The second-order valence-corrected chi connectivity index (χ2v) is 2.41. The van der Waals surface area contributed by atoms with Gasteiger partial charge in [0.15, 0.2) is 0 Å². The number of aromatic nitrogens is 2. The zero-order valence-electron chi connectivity index (χ0n) is 4.87. The molecule has 0 aliphatic rings. The fourth-order valence-electron chi connectivity index (χ4n) is 0.461. The highest BCUT2D eigenvalue weighted by atomic mass is 35.5. The van der Waals surface area contributed by atoms with E-state index in [1.807, 2.05) is 0 Å². The number of rotatable bonds is 0. The average molecular weight is 177 g/mol. The summed E-state index contributed by atoms with van der Waals surface area (Å²) >= 11 is 9.45. The van der Waals surface area contributed by atoms with Gasteiger partial charge in [0.05, 0.1) is 4.90 Å². The molecule has 0 spiro atoms. The zero-order chi connectivity index (χ0) is 7.72. The van der Waals surface area contributed by atoms with Crippen molar-refractivity contribution in [1.29, 1.82) is 0 Å². The lowest BCUT2D eigenvalue weighted by Crippen LogP contribution is -2.00. The Kier molecular flexibility index (Phi) is 1.87. The number of anilines is 2. The van der Waals surface area contributed by atoms with Crippen molar-refractivity contribution in [2.45, 2.75) is 4.90 Å². The molecule has 1 aromatic heterocycles. The molecule has 0 radical (unpaired) electrons. The minimum absolute atomic E-state index is 0.0558. The van der Waals surface area contributed by atoms with Gasteiger partial charge in [-0.1, -0.05) is 11.6 Å². The van der Waals surface area contributed by atoms with E-state index < -0.39 is 0 Å². The van der Waals surface area contributed by atoms with Gasteiger partial charge < -0.3 is 11.5 Å². The van der Waals surface area contributed by atoms with Crippen molar-refractivity contribution in [1.82, 2.24) is 9.97 Å². The van der Waals surface area contributed by atoms with Gasteiger partial charge in [-0.15, -0.1) is 12.6 Å². The first-order valence-electron chi connectivity index (χ1n) is 2.38. The van der Waals surface area contributed by atoms with Gasteiger partial charge in [-0.3, -0.25) is 0 Å². The van der Waals surface area contributed by atoms with E-state index in [9.17, 15) is 0 Å². The van der Waals surface area contributed by atoms with Gasteiger partial charge in [-0.25, -0.2) is 0 Å². The zero-order valence-corrected chi connectivity index (χ0v) is 6.52. The van der Waals surface area contributed by atoms with Gasteiger partial charge in [-0.05, 0) is 0 Å². The Morgan fingerprint density at radius 3 is 2.40 bits per heavy atom. The summed E-state index contributed by atoms with van der Waals surface area (Å²) in [5, 5.41) is 0.174. The van der Waals surface area contributed by atoms with Crippen LogP contribution in [0.3, 0.4) is 0 Å². The topological polar surface area (TPSA) is 77.8 Å². The number of thiol groups is 1. The van der Waals surface area contributed by atoms with Gasteiger partial charge in [0.1, 0.15) is 11.0 Å². The summed E-state index contributed by atoms with van der Waals surface area (Å²) < 4.78 is 0. The molecule has 6 heteroatoms. The van der Waals surface area contributed by atoms with Gasteiger partial charge in [0.2, 0.25) is 5.95 Å². The molecule has 0 unspecified atom stereocenters. The monoisotopic (exact) mass is 176 g/mol. The molecule has 0 aliphatic carbocycles. The first kappa shape index (κ1) is 7.43. The lowest BCUT2D eigenvalue weighted by Gasteiger charge is -1.99. The van der Waals surface area contributed by atoms with Crippen LogP contribution in [0.1, 0.15) is 0 Å². The van der Waals surface area contributed by atoms with Gasteiger partial charge >= 0.3 is 0 Å². The third kappa shape index (κ3) is 1.25. The molecule has 1 rings (SSSR count). The Bertz CT molecular complexity index is 240.